The second-order valence-electron chi connectivity index (χ2n) is 4.80. The van der Waals surface area contributed by atoms with Crippen molar-refractivity contribution >= 4 is 24.5 Å². The van der Waals surface area contributed by atoms with Crippen LogP contribution in [0, 0.1) is 5.92 Å². The molecule has 19 heavy (non-hydrogen) atoms. The van der Waals surface area contributed by atoms with Gasteiger partial charge in [-0.15, -0.1) is 0 Å². The van der Waals surface area contributed by atoms with E-state index in [9.17, 15) is 9.59 Å². The first-order valence-electron chi connectivity index (χ1n) is 6.32. The number of hydrogen-bond donors (Lipinski definition) is 3. The van der Waals surface area contributed by atoms with Gasteiger partial charge in [0, 0.05) is 5.25 Å². The highest BCUT2D eigenvalue weighted by molar-refractivity contribution is 7.81. The molecule has 0 aromatic heterocycles. The molecule has 1 aromatic rings. The smallest absolute Gasteiger partial charge is 0.322 e. The van der Waals surface area contributed by atoms with E-state index >= 15 is 0 Å². The highest BCUT2D eigenvalue weighted by atomic mass is 32.1. The van der Waals surface area contributed by atoms with Gasteiger partial charge in [0.05, 0.1) is 5.92 Å². The maximum atomic E-state index is 12.1. The minimum atomic E-state index is -1.03. The van der Waals surface area contributed by atoms with Crippen molar-refractivity contribution in [3.8, 4) is 0 Å². The number of amides is 1. The second kappa shape index (κ2) is 6.10. The molecule has 0 spiro atoms. The van der Waals surface area contributed by atoms with Gasteiger partial charge in [0.25, 0.3) is 0 Å². The normalized spacial score (nSPS) is 26.1. The highest BCUT2D eigenvalue weighted by Crippen LogP contribution is 2.42. The maximum absolute atomic E-state index is 12.1. The Hall–Kier alpha value is -1.49. The zero-order valence-electron chi connectivity index (χ0n) is 10.5. The van der Waals surface area contributed by atoms with Gasteiger partial charge in [0.2, 0.25) is 5.91 Å². The van der Waals surface area contributed by atoms with Gasteiger partial charge in [0.15, 0.2) is 0 Å². The first kappa shape index (κ1) is 13.9. The number of aliphatic carboxylic acids is 1. The van der Waals surface area contributed by atoms with Crippen molar-refractivity contribution in [1.29, 1.82) is 0 Å². The molecule has 4 nitrogen and oxygen atoms in total. The Kier molecular flexibility index (Phi) is 4.47. The van der Waals surface area contributed by atoms with Crippen LogP contribution < -0.4 is 5.32 Å². The SMILES string of the molecule is O=C(O)CNC(=O)[C@@H]1[C@@H](S)CC[C@H]1c1ccccc1. The lowest BCUT2D eigenvalue weighted by molar-refractivity contribution is -0.138. The third-order valence-corrected chi connectivity index (χ3v) is 4.15. The third kappa shape index (κ3) is 3.29. The number of thiol groups is 1. The molecule has 1 aliphatic rings. The average Bonchev–Trinajstić information content (AvgIpc) is 2.79. The quantitative estimate of drug-likeness (QED) is 0.735. The zero-order valence-corrected chi connectivity index (χ0v) is 11.3. The van der Waals surface area contributed by atoms with Crippen LogP contribution in [0.25, 0.3) is 0 Å². The Bertz CT molecular complexity index is 463. The van der Waals surface area contributed by atoms with E-state index in [-0.39, 0.29) is 29.5 Å². The van der Waals surface area contributed by atoms with Gasteiger partial charge in [-0.3, -0.25) is 9.59 Å². The summed E-state index contributed by atoms with van der Waals surface area (Å²) in [6.45, 7) is -0.336. The van der Waals surface area contributed by atoms with Crippen LogP contribution in [0.5, 0.6) is 0 Å². The van der Waals surface area contributed by atoms with Crippen LogP contribution in [0.15, 0.2) is 30.3 Å². The summed E-state index contributed by atoms with van der Waals surface area (Å²) in [6, 6.07) is 9.86. The van der Waals surface area contributed by atoms with E-state index in [1.54, 1.807) is 0 Å². The molecule has 0 unspecified atom stereocenters. The maximum Gasteiger partial charge on any atom is 0.322 e. The molecule has 0 saturated heterocycles. The molecule has 0 bridgehead atoms. The molecule has 1 aliphatic carbocycles. The average molecular weight is 279 g/mol. The van der Waals surface area contributed by atoms with Crippen LogP contribution in [0.2, 0.25) is 0 Å². The molecule has 0 heterocycles. The largest absolute Gasteiger partial charge is 0.480 e. The molecule has 1 aromatic carbocycles. The predicted molar refractivity (Wildman–Crippen MR) is 75.3 cm³/mol. The summed E-state index contributed by atoms with van der Waals surface area (Å²) >= 11 is 4.47. The number of hydrogen-bond acceptors (Lipinski definition) is 3. The lowest BCUT2D eigenvalue weighted by Gasteiger charge is -2.21. The first-order chi connectivity index (χ1) is 9.09. The van der Waals surface area contributed by atoms with Crippen molar-refractivity contribution in [2.45, 2.75) is 24.0 Å². The fourth-order valence-corrected chi connectivity index (χ4v) is 3.18. The van der Waals surface area contributed by atoms with Crippen molar-refractivity contribution in [2.24, 2.45) is 5.92 Å². The van der Waals surface area contributed by atoms with Gasteiger partial charge in [-0.1, -0.05) is 30.3 Å². The summed E-state index contributed by atoms with van der Waals surface area (Å²) < 4.78 is 0. The van der Waals surface area contributed by atoms with Crippen LogP contribution in [0.4, 0.5) is 0 Å². The highest BCUT2D eigenvalue weighted by Gasteiger charge is 2.39. The molecule has 2 rings (SSSR count). The monoisotopic (exact) mass is 279 g/mol. The number of carbonyl (C=O) groups is 2. The molecule has 5 heteroatoms. The van der Waals surface area contributed by atoms with E-state index in [2.05, 4.69) is 17.9 Å². The number of carboxylic acids is 1. The summed E-state index contributed by atoms with van der Waals surface area (Å²) in [5.74, 6) is -1.38. The van der Waals surface area contributed by atoms with Crippen molar-refractivity contribution in [2.75, 3.05) is 6.54 Å². The first-order valence-corrected chi connectivity index (χ1v) is 6.83. The van der Waals surface area contributed by atoms with E-state index in [1.165, 1.54) is 0 Å². The summed E-state index contributed by atoms with van der Waals surface area (Å²) in [7, 11) is 0. The van der Waals surface area contributed by atoms with Gasteiger partial charge in [-0.2, -0.15) is 12.6 Å². The van der Waals surface area contributed by atoms with E-state index in [0.717, 1.165) is 18.4 Å². The molecular formula is C14H17NO3S. The fourth-order valence-electron chi connectivity index (χ4n) is 2.69. The van der Waals surface area contributed by atoms with Gasteiger partial charge >= 0.3 is 5.97 Å². The van der Waals surface area contributed by atoms with Gasteiger partial charge in [-0.25, -0.2) is 0 Å². The zero-order chi connectivity index (χ0) is 13.8. The number of carbonyl (C=O) groups excluding carboxylic acids is 1. The molecule has 0 radical (unpaired) electrons. The Morgan fingerprint density at radius 3 is 2.58 bits per heavy atom. The van der Waals surface area contributed by atoms with E-state index < -0.39 is 5.97 Å². The summed E-state index contributed by atoms with van der Waals surface area (Å²) in [5, 5.41) is 11.1. The standard InChI is InChI=1S/C14H17NO3S/c16-12(17)8-15-14(18)13-10(6-7-11(13)19)9-4-2-1-3-5-9/h1-5,10-11,13,19H,6-8H2,(H,15,18)(H,16,17)/t10-,11-,13-/m0/s1. The van der Waals surface area contributed by atoms with E-state index in [1.807, 2.05) is 30.3 Å². The minimum absolute atomic E-state index is 0.0148. The number of rotatable bonds is 4. The summed E-state index contributed by atoms with van der Waals surface area (Å²) in [5.41, 5.74) is 1.12. The van der Waals surface area contributed by atoms with Crippen molar-refractivity contribution in [1.82, 2.24) is 5.32 Å². The molecule has 1 saturated carbocycles. The van der Waals surface area contributed by atoms with Crippen LogP contribution in [-0.2, 0) is 9.59 Å². The molecule has 2 N–H and O–H groups in total. The van der Waals surface area contributed by atoms with Crippen LogP contribution in [0.3, 0.4) is 0 Å². The van der Waals surface area contributed by atoms with Gasteiger partial charge in [-0.05, 0) is 24.3 Å². The molecule has 1 fully saturated rings. The molecule has 1 amide bonds. The van der Waals surface area contributed by atoms with Crippen molar-refractivity contribution in [3.05, 3.63) is 35.9 Å². The molecule has 3 atom stereocenters. The lowest BCUT2D eigenvalue weighted by atomic mass is 9.88. The molecular weight excluding hydrogens is 262 g/mol. The third-order valence-electron chi connectivity index (χ3n) is 3.57. The van der Waals surface area contributed by atoms with E-state index in [4.69, 9.17) is 5.11 Å². The number of benzene rings is 1. The van der Waals surface area contributed by atoms with E-state index in [0.29, 0.717) is 0 Å². The number of nitrogens with one attached hydrogen (secondary N) is 1. The van der Waals surface area contributed by atoms with Crippen LogP contribution in [-0.4, -0.2) is 28.8 Å². The second-order valence-corrected chi connectivity index (χ2v) is 5.46. The Labute approximate surface area is 117 Å². The number of carboxylic acid groups (broad SMARTS) is 1. The summed E-state index contributed by atoms with van der Waals surface area (Å²) in [6.07, 6.45) is 1.77. The topological polar surface area (TPSA) is 66.4 Å². The molecule has 0 aliphatic heterocycles. The minimum Gasteiger partial charge on any atom is -0.480 e. The Balaban J connectivity index is 2.11. The predicted octanol–water partition coefficient (Wildman–Crippen LogP) is 1.68. The van der Waals surface area contributed by atoms with Gasteiger partial charge in [0.1, 0.15) is 6.54 Å². The van der Waals surface area contributed by atoms with Crippen LogP contribution in [0.1, 0.15) is 24.3 Å². The van der Waals surface area contributed by atoms with Crippen molar-refractivity contribution in [3.63, 3.8) is 0 Å². The Morgan fingerprint density at radius 1 is 1.26 bits per heavy atom. The summed E-state index contributed by atoms with van der Waals surface area (Å²) in [4.78, 5) is 22.6. The molecule has 102 valence electrons. The van der Waals surface area contributed by atoms with Crippen molar-refractivity contribution < 1.29 is 14.7 Å². The van der Waals surface area contributed by atoms with Gasteiger partial charge < -0.3 is 10.4 Å². The fraction of sp³-hybridized carbons (Fsp3) is 0.429. The lowest BCUT2D eigenvalue weighted by Crippen LogP contribution is -2.38. The Morgan fingerprint density at radius 2 is 1.95 bits per heavy atom. The van der Waals surface area contributed by atoms with Crippen LogP contribution >= 0.6 is 12.6 Å².